The number of likely N-dealkylation sites (N-methyl/N-ethyl adjacent to an activating group) is 2. The van der Waals surface area contributed by atoms with Crippen molar-refractivity contribution >= 4 is 34.0 Å². The van der Waals surface area contributed by atoms with Crippen LogP contribution in [0.3, 0.4) is 0 Å². The molecular weight excluding hydrogens is 1440 g/mol. The summed E-state index contributed by atoms with van der Waals surface area (Å²) in [6, 6.07) is 37.6. The van der Waals surface area contributed by atoms with E-state index < -0.39 is 34.9 Å². The lowest BCUT2D eigenvalue weighted by molar-refractivity contribution is 0.242. The molecule has 0 aliphatic carbocycles. The summed E-state index contributed by atoms with van der Waals surface area (Å²) < 4.78 is 89.8. The number of nitrogens with one attached hydrogen (secondary N) is 1. The van der Waals surface area contributed by atoms with E-state index in [2.05, 4.69) is 135 Å². The van der Waals surface area contributed by atoms with Crippen LogP contribution in [-0.2, 0) is 19.6 Å². The molecule has 0 spiro atoms. The zero-order valence-electron chi connectivity index (χ0n) is 63.0. The Bertz CT molecular complexity index is 5250. The van der Waals surface area contributed by atoms with E-state index in [1.807, 2.05) is 62.6 Å². The van der Waals surface area contributed by atoms with Crippen LogP contribution in [0.5, 0.6) is 0 Å². The van der Waals surface area contributed by atoms with Crippen molar-refractivity contribution in [2.75, 3.05) is 147 Å². The van der Waals surface area contributed by atoms with E-state index in [1.54, 1.807) is 18.6 Å². The number of likely N-dealkylation sites (tertiary alicyclic amines) is 2. The zero-order valence-corrected chi connectivity index (χ0v) is 63.0. The van der Waals surface area contributed by atoms with Gasteiger partial charge < -0.3 is 29.8 Å². The lowest BCUT2D eigenvalue weighted by Crippen LogP contribution is -2.46. The van der Waals surface area contributed by atoms with Gasteiger partial charge in [-0.3, -0.25) is 14.7 Å². The number of anilines is 3. The number of pyridine rings is 6. The molecule has 0 radical (unpaired) electrons. The van der Waals surface area contributed by atoms with Crippen molar-refractivity contribution in [1.82, 2.24) is 73.6 Å². The molecule has 9 aromatic heterocycles. The van der Waals surface area contributed by atoms with Crippen molar-refractivity contribution in [3.8, 4) is 51.6 Å². The molecule has 6 fully saturated rings. The Labute approximate surface area is 651 Å². The highest BCUT2D eigenvalue weighted by molar-refractivity contribution is 5.87. The first-order valence-corrected chi connectivity index (χ1v) is 38.5. The highest BCUT2D eigenvalue weighted by Gasteiger charge is 2.30. The second-order valence-electron chi connectivity index (χ2n) is 30.2. The summed E-state index contributed by atoms with van der Waals surface area (Å²) in [6.07, 6.45) is 19.9. The van der Waals surface area contributed by atoms with E-state index >= 15 is 0 Å². The molecule has 1 N–H and O–H groups in total. The minimum absolute atomic E-state index is 0.122. The van der Waals surface area contributed by atoms with Crippen LogP contribution in [0.1, 0.15) is 87.1 Å². The largest absolute Gasteiger partial charge is 0.354 e. The van der Waals surface area contributed by atoms with Gasteiger partial charge in [0.15, 0.2) is 0 Å². The fourth-order valence-electron chi connectivity index (χ4n) is 16.7. The van der Waals surface area contributed by atoms with Crippen LogP contribution < -0.4 is 20.0 Å². The SMILES string of the molecule is CN1CCC(c2cc(-c3ccc(N4CCN(Cc5c(F)cccc5F)CC4)nc3)c3c(C#N)cnn3c2)C1.CN1CCC(c2cc(-c3ccc(N4CCN(Cc5c(F)cccc5F)CC4)nc3)c3c(C#N)cnn3c2)C1.N#Cc1cnn2cc(C3CCNC3)cc(-c3ccc(N4CCN(Cc5c(F)cccc5F)CC4)nc3)c12. The summed E-state index contributed by atoms with van der Waals surface area (Å²) in [5, 5.41) is 45.8. The van der Waals surface area contributed by atoms with E-state index in [-0.39, 0.29) is 36.3 Å². The molecule has 18 rings (SSSR count). The van der Waals surface area contributed by atoms with Crippen molar-refractivity contribution in [3.63, 3.8) is 0 Å². The molecule has 6 aliphatic heterocycles. The number of piperazine rings is 3. The number of rotatable bonds is 15. The average molecular weight is 1530 g/mol. The lowest BCUT2D eigenvalue weighted by atomic mass is 9.95. The first kappa shape index (κ1) is 75.4. The van der Waals surface area contributed by atoms with E-state index in [4.69, 9.17) is 15.0 Å². The molecule has 3 aromatic carbocycles. The van der Waals surface area contributed by atoms with Crippen molar-refractivity contribution in [1.29, 1.82) is 15.8 Å². The molecule has 6 aliphatic rings. The Morgan fingerprint density at radius 2 is 0.690 bits per heavy atom. The summed E-state index contributed by atoms with van der Waals surface area (Å²) in [4.78, 5) is 31.7. The maximum Gasteiger partial charge on any atom is 0.130 e. The Morgan fingerprint density at radius 1 is 0.381 bits per heavy atom. The van der Waals surface area contributed by atoms with Crippen LogP contribution >= 0.6 is 0 Å². The van der Waals surface area contributed by atoms with Crippen molar-refractivity contribution in [2.45, 2.75) is 56.7 Å². The van der Waals surface area contributed by atoms with Crippen molar-refractivity contribution in [2.24, 2.45) is 0 Å². The molecule has 3 unspecified atom stereocenters. The molecule has 0 amide bonds. The van der Waals surface area contributed by atoms with Gasteiger partial charge in [0.2, 0.25) is 0 Å². The number of nitrogens with zero attached hydrogens (tertiary/aromatic N) is 20. The standard InChI is InChI=1S/2C29H29F2N7.C28H27F2N7/c2*1-35-8-7-21(17-35)22-13-24(29-23(14-32)16-34-38(29)18-22)20-5-6-28(33-15-20)37-11-9-36(10-12-37)19-25-26(30)3-2-4-27(25)31;29-25-2-1-3-26(30)24(25)18-35-8-10-36(11-9-35)27-5-4-20(15-33-27)23-12-21(19-6-7-32-14-19)17-37-28(23)22(13-31)16-34-37/h2*2-6,13,15-16,18,21H,7-12,17,19H2,1H3;1-5,12,15-17,19,32H,6-11,14,18H2. The summed E-state index contributed by atoms with van der Waals surface area (Å²) in [5.41, 5.74) is 13.7. The fraction of sp³-hybridized carbons (Fsp3) is 0.337. The van der Waals surface area contributed by atoms with Gasteiger partial charge in [0.1, 0.15) is 70.6 Å². The van der Waals surface area contributed by atoms with Gasteiger partial charge in [-0.15, -0.1) is 0 Å². The first-order chi connectivity index (χ1) is 55.1. The third-order valence-corrected chi connectivity index (χ3v) is 23.1. The Hall–Kier alpha value is -11.6. The van der Waals surface area contributed by atoms with Crippen molar-refractivity contribution in [3.05, 3.63) is 250 Å². The van der Waals surface area contributed by atoms with E-state index in [0.717, 1.165) is 165 Å². The average Bonchev–Trinajstić information content (AvgIpc) is 1.68. The fourth-order valence-corrected chi connectivity index (χ4v) is 16.7. The normalized spacial score (nSPS) is 18.7. The topological polar surface area (TPSA) is 200 Å². The van der Waals surface area contributed by atoms with Gasteiger partial charge in [0.25, 0.3) is 0 Å². The maximum atomic E-state index is 14.1. The number of fused-ring (bicyclic) bond motifs is 3. The summed E-state index contributed by atoms with van der Waals surface area (Å²) in [7, 11) is 4.28. The van der Waals surface area contributed by atoms with Gasteiger partial charge in [-0.25, -0.2) is 54.8 Å². The third kappa shape index (κ3) is 16.3. The number of hydrogen-bond donors (Lipinski definition) is 1. The number of hydrogen-bond acceptors (Lipinski definition) is 18. The Morgan fingerprint density at radius 3 is 0.947 bits per heavy atom. The Balaban J connectivity index is 0.000000128. The van der Waals surface area contributed by atoms with Gasteiger partial charge >= 0.3 is 0 Å². The van der Waals surface area contributed by atoms with Crippen molar-refractivity contribution < 1.29 is 26.3 Å². The molecule has 0 saturated carbocycles. The molecule has 6 saturated heterocycles. The van der Waals surface area contributed by atoms with Crippen LogP contribution in [0.2, 0.25) is 0 Å². The van der Waals surface area contributed by atoms with Gasteiger partial charge in [0, 0.05) is 205 Å². The smallest absolute Gasteiger partial charge is 0.130 e. The minimum atomic E-state index is -0.500. The van der Waals surface area contributed by atoms with E-state index in [9.17, 15) is 42.1 Å². The second-order valence-corrected chi connectivity index (χ2v) is 30.2. The first-order valence-electron chi connectivity index (χ1n) is 38.5. The quantitative estimate of drug-likeness (QED) is 0.0949. The monoisotopic (exact) mass is 1530 g/mol. The van der Waals surface area contributed by atoms with Gasteiger partial charge in [-0.1, -0.05) is 18.2 Å². The number of aromatic nitrogens is 9. The van der Waals surface area contributed by atoms with Crippen LogP contribution in [0.25, 0.3) is 49.9 Å². The van der Waals surface area contributed by atoms with E-state index in [1.165, 1.54) is 71.3 Å². The zero-order chi connectivity index (χ0) is 77.8. The second kappa shape index (κ2) is 33.4. The Kier molecular flexibility index (Phi) is 22.3. The highest BCUT2D eigenvalue weighted by Crippen LogP contribution is 2.38. The molecule has 12 aromatic rings. The van der Waals surface area contributed by atoms with Gasteiger partial charge in [-0.05, 0) is 178 Å². The number of halogens is 6. The van der Waals surface area contributed by atoms with Crippen LogP contribution in [-0.4, -0.2) is 200 Å². The lowest BCUT2D eigenvalue weighted by Gasteiger charge is -2.35. The van der Waals surface area contributed by atoms with Gasteiger partial charge in [0.05, 0.1) is 51.8 Å². The van der Waals surface area contributed by atoms with E-state index in [0.29, 0.717) is 73.7 Å². The predicted octanol–water partition coefficient (Wildman–Crippen LogP) is 12.5. The molecule has 0 bridgehead atoms. The molecule has 27 heteroatoms. The van der Waals surface area contributed by atoms with Crippen LogP contribution in [0.4, 0.5) is 43.8 Å². The number of nitriles is 3. The highest BCUT2D eigenvalue weighted by atomic mass is 19.2. The van der Waals surface area contributed by atoms with Crippen LogP contribution in [0, 0.1) is 68.9 Å². The molecule has 113 heavy (non-hydrogen) atoms. The summed E-state index contributed by atoms with van der Waals surface area (Å²) in [6.45, 7) is 15.3. The summed E-state index contributed by atoms with van der Waals surface area (Å²) >= 11 is 0. The third-order valence-electron chi connectivity index (χ3n) is 23.1. The molecule has 3 atom stereocenters. The molecule has 21 nitrogen and oxygen atoms in total. The number of benzene rings is 3. The summed E-state index contributed by atoms with van der Waals surface area (Å²) in [5.74, 6) is 0.870. The predicted molar refractivity (Wildman–Crippen MR) is 421 cm³/mol. The molecule has 15 heterocycles. The molecular formula is C86H85F6N21. The van der Waals surface area contributed by atoms with Gasteiger partial charge in [-0.2, -0.15) is 31.1 Å². The van der Waals surface area contributed by atoms with Crippen LogP contribution in [0.15, 0.2) is 165 Å². The molecule has 576 valence electrons. The maximum absolute atomic E-state index is 14.1. The minimum Gasteiger partial charge on any atom is -0.354 e.